The smallest absolute Gasteiger partial charge is 0.191 e. The minimum Gasteiger partial charge on any atom is -0.493 e. The predicted molar refractivity (Wildman–Crippen MR) is 101 cm³/mol. The second-order valence-corrected chi connectivity index (χ2v) is 7.46. The zero-order valence-corrected chi connectivity index (χ0v) is 15.4. The molecule has 0 unspecified atom stereocenters. The maximum atomic E-state index is 14.2. The Morgan fingerprint density at radius 2 is 1.88 bits per heavy atom. The van der Waals surface area contributed by atoms with Crippen molar-refractivity contribution in [2.45, 2.75) is 31.0 Å². The molecule has 1 aliphatic carbocycles. The molecule has 1 aromatic heterocycles. The van der Waals surface area contributed by atoms with E-state index in [1.807, 2.05) is 30.3 Å². The average molecular weight is 369 g/mol. The zero-order chi connectivity index (χ0) is 17.9. The van der Waals surface area contributed by atoms with Crippen LogP contribution in [-0.2, 0) is 0 Å². The van der Waals surface area contributed by atoms with Gasteiger partial charge in [0.1, 0.15) is 11.6 Å². The van der Waals surface area contributed by atoms with Crippen molar-refractivity contribution in [3.8, 4) is 17.1 Å². The van der Waals surface area contributed by atoms with Gasteiger partial charge in [0.2, 0.25) is 0 Å². The third-order valence-electron chi connectivity index (χ3n) is 4.30. The maximum Gasteiger partial charge on any atom is 0.191 e. The monoisotopic (exact) mass is 369 g/mol. The summed E-state index contributed by atoms with van der Waals surface area (Å²) in [4.78, 5) is 0. The van der Waals surface area contributed by atoms with Crippen molar-refractivity contribution in [2.75, 3.05) is 12.4 Å². The first-order valence-corrected chi connectivity index (χ1v) is 9.73. The lowest BCUT2D eigenvalue weighted by Crippen LogP contribution is -2.04. The van der Waals surface area contributed by atoms with E-state index in [4.69, 9.17) is 4.74 Å². The molecule has 1 aliphatic rings. The SMILES string of the molecule is Cc1ccc(OCCSc2nnc(-c3ccccc3F)n2C2CC2)cc1. The highest BCUT2D eigenvalue weighted by Gasteiger charge is 2.30. The van der Waals surface area contributed by atoms with Gasteiger partial charge >= 0.3 is 0 Å². The second-order valence-electron chi connectivity index (χ2n) is 6.40. The molecule has 1 saturated carbocycles. The number of nitrogens with zero attached hydrogens (tertiary/aromatic N) is 3. The summed E-state index contributed by atoms with van der Waals surface area (Å²) in [7, 11) is 0. The fraction of sp³-hybridized carbons (Fsp3) is 0.300. The maximum absolute atomic E-state index is 14.2. The summed E-state index contributed by atoms with van der Waals surface area (Å²) in [5.41, 5.74) is 1.72. The first kappa shape index (κ1) is 17.1. The van der Waals surface area contributed by atoms with Gasteiger partial charge in [-0.15, -0.1) is 10.2 Å². The number of ether oxygens (including phenoxy) is 1. The first-order chi connectivity index (χ1) is 12.7. The van der Waals surface area contributed by atoms with Crippen LogP contribution in [0.4, 0.5) is 4.39 Å². The van der Waals surface area contributed by atoms with Crippen LogP contribution in [0.1, 0.15) is 24.4 Å². The average Bonchev–Trinajstić information content (AvgIpc) is 3.41. The van der Waals surface area contributed by atoms with Crippen LogP contribution in [0.3, 0.4) is 0 Å². The molecule has 4 nitrogen and oxygen atoms in total. The highest BCUT2D eigenvalue weighted by Crippen LogP contribution is 2.41. The largest absolute Gasteiger partial charge is 0.493 e. The van der Waals surface area contributed by atoms with Crippen molar-refractivity contribution in [3.05, 3.63) is 59.9 Å². The fourth-order valence-electron chi connectivity index (χ4n) is 2.79. The number of hydrogen-bond acceptors (Lipinski definition) is 4. The third-order valence-corrected chi connectivity index (χ3v) is 5.20. The Hall–Kier alpha value is -2.34. The summed E-state index contributed by atoms with van der Waals surface area (Å²) in [6, 6.07) is 15.1. The van der Waals surface area contributed by atoms with Gasteiger partial charge in [0, 0.05) is 11.8 Å². The molecule has 0 amide bonds. The summed E-state index contributed by atoms with van der Waals surface area (Å²) in [6.07, 6.45) is 2.18. The van der Waals surface area contributed by atoms with E-state index >= 15 is 0 Å². The van der Waals surface area contributed by atoms with Crippen LogP contribution in [0, 0.1) is 12.7 Å². The molecule has 3 aromatic rings. The minimum atomic E-state index is -0.263. The van der Waals surface area contributed by atoms with Crippen molar-refractivity contribution in [1.29, 1.82) is 0 Å². The molecule has 0 spiro atoms. The van der Waals surface area contributed by atoms with E-state index in [0.717, 1.165) is 29.5 Å². The van der Waals surface area contributed by atoms with Gasteiger partial charge in [-0.1, -0.05) is 41.6 Å². The van der Waals surface area contributed by atoms with Gasteiger partial charge in [-0.05, 0) is 44.0 Å². The number of aryl methyl sites for hydroxylation is 1. The second kappa shape index (κ2) is 7.50. The first-order valence-electron chi connectivity index (χ1n) is 8.74. The molecular weight excluding hydrogens is 349 g/mol. The number of hydrogen-bond donors (Lipinski definition) is 0. The molecule has 0 bridgehead atoms. The number of aromatic nitrogens is 3. The summed E-state index contributed by atoms with van der Waals surface area (Å²) in [6.45, 7) is 2.64. The van der Waals surface area contributed by atoms with E-state index in [1.165, 1.54) is 11.6 Å². The van der Waals surface area contributed by atoms with Crippen LogP contribution >= 0.6 is 11.8 Å². The van der Waals surface area contributed by atoms with E-state index in [9.17, 15) is 4.39 Å². The van der Waals surface area contributed by atoms with Gasteiger partial charge in [0.15, 0.2) is 11.0 Å². The lowest BCUT2D eigenvalue weighted by Gasteiger charge is -2.10. The van der Waals surface area contributed by atoms with Crippen LogP contribution < -0.4 is 4.74 Å². The van der Waals surface area contributed by atoms with Gasteiger partial charge in [-0.2, -0.15) is 0 Å². The van der Waals surface area contributed by atoms with Gasteiger partial charge in [0.25, 0.3) is 0 Å². The highest BCUT2D eigenvalue weighted by atomic mass is 32.2. The number of benzene rings is 2. The van der Waals surface area contributed by atoms with Crippen molar-refractivity contribution in [2.24, 2.45) is 0 Å². The highest BCUT2D eigenvalue weighted by molar-refractivity contribution is 7.99. The molecule has 0 aliphatic heterocycles. The lowest BCUT2D eigenvalue weighted by molar-refractivity contribution is 0.343. The summed E-state index contributed by atoms with van der Waals surface area (Å²) in [5.74, 6) is 1.98. The molecule has 4 rings (SSSR count). The Labute approximate surface area is 156 Å². The van der Waals surface area contributed by atoms with Crippen LogP contribution in [0.2, 0.25) is 0 Å². The molecule has 0 N–H and O–H groups in total. The number of halogens is 1. The molecule has 2 aromatic carbocycles. The van der Waals surface area contributed by atoms with Gasteiger partial charge in [0.05, 0.1) is 12.2 Å². The lowest BCUT2D eigenvalue weighted by atomic mass is 10.2. The van der Waals surface area contributed by atoms with Gasteiger partial charge < -0.3 is 4.74 Å². The molecule has 1 fully saturated rings. The fourth-order valence-corrected chi connectivity index (χ4v) is 3.61. The van der Waals surface area contributed by atoms with Crippen molar-refractivity contribution in [1.82, 2.24) is 14.8 Å². The van der Waals surface area contributed by atoms with Crippen LogP contribution in [-0.4, -0.2) is 27.1 Å². The Bertz CT molecular complexity index is 890. The van der Waals surface area contributed by atoms with Crippen LogP contribution in [0.5, 0.6) is 5.75 Å². The summed E-state index contributed by atoms with van der Waals surface area (Å²) >= 11 is 1.60. The van der Waals surface area contributed by atoms with Gasteiger partial charge in [-0.3, -0.25) is 4.57 Å². The third kappa shape index (κ3) is 3.75. The standard InChI is InChI=1S/C20H20FN3OS/c1-14-6-10-16(11-7-14)25-12-13-26-20-23-22-19(24(20)15-8-9-15)17-4-2-3-5-18(17)21/h2-7,10-11,15H,8-9,12-13H2,1H3. The normalized spacial score (nSPS) is 13.8. The van der Waals surface area contributed by atoms with E-state index in [1.54, 1.807) is 23.9 Å². The van der Waals surface area contributed by atoms with Crippen molar-refractivity contribution >= 4 is 11.8 Å². The Kier molecular flexibility index (Phi) is 4.93. The van der Waals surface area contributed by atoms with Crippen molar-refractivity contribution in [3.63, 3.8) is 0 Å². The molecule has 134 valence electrons. The quantitative estimate of drug-likeness (QED) is 0.439. The van der Waals surface area contributed by atoms with Gasteiger partial charge in [-0.25, -0.2) is 4.39 Å². The molecule has 0 atom stereocenters. The molecule has 0 saturated heterocycles. The molecule has 26 heavy (non-hydrogen) atoms. The summed E-state index contributed by atoms with van der Waals surface area (Å²) in [5, 5.41) is 9.40. The Morgan fingerprint density at radius 3 is 2.62 bits per heavy atom. The van der Waals surface area contributed by atoms with E-state index in [2.05, 4.69) is 21.7 Å². The summed E-state index contributed by atoms with van der Waals surface area (Å²) < 4.78 is 22.0. The van der Waals surface area contributed by atoms with Crippen LogP contribution in [0.25, 0.3) is 11.4 Å². The molecule has 6 heteroatoms. The molecular formula is C20H20FN3OS. The Balaban J connectivity index is 1.44. The van der Waals surface area contributed by atoms with E-state index in [-0.39, 0.29) is 5.82 Å². The minimum absolute atomic E-state index is 0.263. The molecule has 1 heterocycles. The number of thioether (sulfide) groups is 1. The Morgan fingerprint density at radius 1 is 1.12 bits per heavy atom. The topological polar surface area (TPSA) is 39.9 Å². The number of rotatable bonds is 7. The van der Waals surface area contributed by atoms with E-state index in [0.29, 0.717) is 24.0 Å². The van der Waals surface area contributed by atoms with Crippen LogP contribution in [0.15, 0.2) is 53.7 Å². The predicted octanol–water partition coefficient (Wildman–Crippen LogP) is 4.90. The van der Waals surface area contributed by atoms with Crippen molar-refractivity contribution < 1.29 is 9.13 Å². The zero-order valence-electron chi connectivity index (χ0n) is 14.6. The molecule has 0 radical (unpaired) electrons. The van der Waals surface area contributed by atoms with E-state index < -0.39 is 0 Å².